The highest BCUT2D eigenvalue weighted by molar-refractivity contribution is 8.00. The van der Waals surface area contributed by atoms with Crippen LogP contribution in [0.25, 0.3) is 10.9 Å². The second-order valence-electron chi connectivity index (χ2n) is 8.08. The molecular formula is C21H27ClN4O2S. The minimum atomic E-state index is -0.961. The van der Waals surface area contributed by atoms with Crippen LogP contribution in [0.2, 0.25) is 5.02 Å². The standard InChI is InChI=1S/C21H27ClN4O2S/c1-12(2)10-26-19(28)16-9-15(22)7-8-17(16)24-20(26)29-14(5)18(27)25-21(6,11-23)13(3)4/h7-9,12-14H,10H2,1-6H3,(H,25,27). The van der Waals surface area contributed by atoms with E-state index in [0.717, 1.165) is 0 Å². The third-order valence-electron chi connectivity index (χ3n) is 4.85. The molecule has 8 heteroatoms. The number of nitrogens with one attached hydrogen (secondary N) is 1. The molecule has 29 heavy (non-hydrogen) atoms. The molecule has 156 valence electrons. The molecule has 0 aliphatic rings. The average Bonchev–Trinajstić information content (AvgIpc) is 2.64. The Kier molecular flexibility index (Phi) is 7.36. The van der Waals surface area contributed by atoms with Crippen LogP contribution in [0.4, 0.5) is 0 Å². The minimum Gasteiger partial charge on any atom is -0.337 e. The fourth-order valence-corrected chi connectivity index (χ4v) is 3.75. The smallest absolute Gasteiger partial charge is 0.262 e. The van der Waals surface area contributed by atoms with Gasteiger partial charge in [0.15, 0.2) is 5.16 Å². The number of nitriles is 1. The number of carbonyl (C=O) groups excluding carboxylic acids is 1. The highest BCUT2D eigenvalue weighted by Gasteiger charge is 2.32. The van der Waals surface area contributed by atoms with Crippen molar-refractivity contribution in [2.75, 3.05) is 0 Å². The Hall–Kier alpha value is -2.04. The number of amides is 1. The maximum absolute atomic E-state index is 13.1. The van der Waals surface area contributed by atoms with Gasteiger partial charge in [-0.25, -0.2) is 4.98 Å². The molecular weight excluding hydrogens is 408 g/mol. The van der Waals surface area contributed by atoms with Crippen molar-refractivity contribution in [2.24, 2.45) is 11.8 Å². The fraction of sp³-hybridized carbons (Fsp3) is 0.524. The highest BCUT2D eigenvalue weighted by Crippen LogP contribution is 2.25. The van der Waals surface area contributed by atoms with Crippen LogP contribution in [-0.2, 0) is 11.3 Å². The van der Waals surface area contributed by atoms with Gasteiger partial charge in [0.05, 0.1) is 22.2 Å². The summed E-state index contributed by atoms with van der Waals surface area (Å²) in [6, 6.07) is 7.20. The molecule has 2 unspecified atom stereocenters. The predicted molar refractivity (Wildman–Crippen MR) is 118 cm³/mol. The van der Waals surface area contributed by atoms with Crippen molar-refractivity contribution in [2.45, 2.75) is 64.0 Å². The third-order valence-corrected chi connectivity index (χ3v) is 6.18. The van der Waals surface area contributed by atoms with Crippen molar-refractivity contribution >= 4 is 40.2 Å². The van der Waals surface area contributed by atoms with Crippen molar-refractivity contribution in [3.05, 3.63) is 33.6 Å². The number of thioether (sulfide) groups is 1. The summed E-state index contributed by atoms with van der Waals surface area (Å²) in [5.74, 6) is -0.0944. The fourth-order valence-electron chi connectivity index (χ4n) is 2.66. The number of carbonyl (C=O) groups is 1. The number of fused-ring (bicyclic) bond motifs is 1. The Balaban J connectivity index is 2.42. The van der Waals surface area contributed by atoms with Gasteiger partial charge in [0.2, 0.25) is 5.91 Å². The maximum atomic E-state index is 13.1. The number of hydrogen-bond donors (Lipinski definition) is 1. The zero-order valence-corrected chi connectivity index (χ0v) is 19.2. The van der Waals surface area contributed by atoms with E-state index in [2.05, 4.69) is 16.4 Å². The lowest BCUT2D eigenvalue weighted by Crippen LogP contribution is -2.51. The molecule has 2 atom stereocenters. The summed E-state index contributed by atoms with van der Waals surface area (Å²) < 4.78 is 1.60. The van der Waals surface area contributed by atoms with Crippen molar-refractivity contribution in [3.8, 4) is 6.07 Å². The monoisotopic (exact) mass is 434 g/mol. The quantitative estimate of drug-likeness (QED) is 0.520. The first kappa shape index (κ1) is 23.2. The number of benzene rings is 1. The summed E-state index contributed by atoms with van der Waals surface area (Å²) in [4.78, 5) is 30.4. The number of aromatic nitrogens is 2. The van der Waals surface area contributed by atoms with E-state index < -0.39 is 10.8 Å². The second-order valence-corrected chi connectivity index (χ2v) is 9.83. The second kappa shape index (κ2) is 9.19. The summed E-state index contributed by atoms with van der Waals surface area (Å²) in [7, 11) is 0. The van der Waals surface area contributed by atoms with Gasteiger partial charge in [-0.3, -0.25) is 14.2 Å². The molecule has 2 aromatic rings. The van der Waals surface area contributed by atoms with E-state index in [1.54, 1.807) is 36.6 Å². The normalized spacial score (nSPS) is 14.6. The van der Waals surface area contributed by atoms with Gasteiger partial charge < -0.3 is 5.32 Å². The molecule has 0 aliphatic heterocycles. The van der Waals surface area contributed by atoms with Gasteiger partial charge >= 0.3 is 0 Å². The molecule has 0 spiro atoms. The molecule has 2 rings (SSSR count). The van der Waals surface area contributed by atoms with Crippen LogP contribution < -0.4 is 10.9 Å². The zero-order valence-electron chi connectivity index (χ0n) is 17.6. The number of halogens is 1. The summed E-state index contributed by atoms with van der Waals surface area (Å²) in [5.41, 5.74) is -0.597. The average molecular weight is 435 g/mol. The van der Waals surface area contributed by atoms with Crippen molar-refractivity contribution < 1.29 is 4.79 Å². The van der Waals surface area contributed by atoms with E-state index in [0.29, 0.717) is 27.6 Å². The van der Waals surface area contributed by atoms with Crippen LogP contribution in [0.3, 0.4) is 0 Å². The van der Waals surface area contributed by atoms with Crippen LogP contribution in [0, 0.1) is 23.2 Å². The molecule has 0 aliphatic carbocycles. The van der Waals surface area contributed by atoms with E-state index >= 15 is 0 Å². The maximum Gasteiger partial charge on any atom is 0.262 e. The third kappa shape index (κ3) is 5.31. The first-order valence-electron chi connectivity index (χ1n) is 9.58. The van der Waals surface area contributed by atoms with E-state index in [-0.39, 0.29) is 23.3 Å². The van der Waals surface area contributed by atoms with Crippen LogP contribution in [0.5, 0.6) is 0 Å². The minimum absolute atomic E-state index is 0.0451. The summed E-state index contributed by atoms with van der Waals surface area (Å²) in [6.07, 6.45) is 0. The van der Waals surface area contributed by atoms with Crippen LogP contribution >= 0.6 is 23.4 Å². The van der Waals surface area contributed by atoms with Gasteiger partial charge in [0.25, 0.3) is 5.56 Å². The van der Waals surface area contributed by atoms with Crippen LogP contribution in [0.1, 0.15) is 41.5 Å². The predicted octanol–water partition coefficient (Wildman–Crippen LogP) is 4.24. The van der Waals surface area contributed by atoms with Gasteiger partial charge in [-0.15, -0.1) is 0 Å². The van der Waals surface area contributed by atoms with Gasteiger partial charge in [-0.2, -0.15) is 5.26 Å². The lowest BCUT2D eigenvalue weighted by Gasteiger charge is -2.28. The summed E-state index contributed by atoms with van der Waals surface area (Å²) in [6.45, 7) is 11.7. The Labute approximate surface area is 180 Å². The summed E-state index contributed by atoms with van der Waals surface area (Å²) >= 11 is 7.27. The Morgan fingerprint density at radius 3 is 2.55 bits per heavy atom. The van der Waals surface area contributed by atoms with Crippen molar-refractivity contribution in [1.82, 2.24) is 14.9 Å². The molecule has 1 aromatic heterocycles. The first-order valence-corrected chi connectivity index (χ1v) is 10.8. The topological polar surface area (TPSA) is 87.8 Å². The van der Waals surface area contributed by atoms with Gasteiger partial charge in [-0.05, 0) is 43.9 Å². The zero-order chi connectivity index (χ0) is 21.9. The van der Waals surface area contributed by atoms with Gasteiger partial charge in [0.1, 0.15) is 5.54 Å². The van der Waals surface area contributed by atoms with E-state index in [1.807, 2.05) is 27.7 Å². The molecule has 1 aromatic carbocycles. The number of hydrogen-bond acceptors (Lipinski definition) is 5. The Morgan fingerprint density at radius 1 is 1.34 bits per heavy atom. The molecule has 1 N–H and O–H groups in total. The highest BCUT2D eigenvalue weighted by atomic mass is 35.5. The van der Waals surface area contributed by atoms with E-state index in [4.69, 9.17) is 11.6 Å². The van der Waals surface area contributed by atoms with Gasteiger partial charge in [-0.1, -0.05) is 51.1 Å². The molecule has 0 saturated carbocycles. The van der Waals surface area contributed by atoms with Gasteiger partial charge in [0, 0.05) is 11.6 Å². The van der Waals surface area contributed by atoms with Crippen LogP contribution in [-0.4, -0.2) is 26.2 Å². The molecule has 0 bridgehead atoms. The van der Waals surface area contributed by atoms with E-state index in [1.165, 1.54) is 11.8 Å². The molecule has 1 amide bonds. The molecule has 0 saturated heterocycles. The molecule has 0 radical (unpaired) electrons. The molecule has 0 fully saturated rings. The lowest BCUT2D eigenvalue weighted by molar-refractivity contribution is -0.121. The summed E-state index contributed by atoms with van der Waals surface area (Å²) in [5, 5.41) is 13.2. The number of rotatable bonds is 7. The largest absolute Gasteiger partial charge is 0.337 e. The Bertz CT molecular complexity index is 1010. The molecule has 6 nitrogen and oxygen atoms in total. The molecule has 1 heterocycles. The lowest BCUT2D eigenvalue weighted by atomic mass is 9.90. The van der Waals surface area contributed by atoms with Crippen molar-refractivity contribution in [1.29, 1.82) is 5.26 Å². The first-order chi connectivity index (χ1) is 13.5. The van der Waals surface area contributed by atoms with E-state index in [9.17, 15) is 14.9 Å². The number of nitrogens with zero attached hydrogens (tertiary/aromatic N) is 3. The SMILES string of the molecule is CC(C)Cn1c(SC(C)C(=O)NC(C)(C#N)C(C)C)nc2ccc(Cl)cc2c1=O. The van der Waals surface area contributed by atoms with Crippen molar-refractivity contribution in [3.63, 3.8) is 0 Å². The van der Waals surface area contributed by atoms with Crippen LogP contribution in [0.15, 0.2) is 28.2 Å². The Morgan fingerprint density at radius 2 is 2.00 bits per heavy atom.